The average molecular weight is 436 g/mol. The Kier molecular flexibility index (Phi) is 7.25. The summed E-state index contributed by atoms with van der Waals surface area (Å²) in [5.74, 6) is 0.765. The Morgan fingerprint density at radius 2 is 1.72 bits per heavy atom. The monoisotopic (exact) mass is 435 g/mol. The van der Waals surface area contributed by atoms with Gasteiger partial charge in [-0.15, -0.1) is 0 Å². The number of rotatable bonds is 7. The van der Waals surface area contributed by atoms with Crippen molar-refractivity contribution in [3.63, 3.8) is 0 Å². The van der Waals surface area contributed by atoms with Crippen molar-refractivity contribution in [2.24, 2.45) is 7.05 Å². The van der Waals surface area contributed by atoms with Gasteiger partial charge in [0.25, 0.3) is 0 Å². The fraction of sp³-hybridized carbons (Fsp3) is 0.423. The highest BCUT2D eigenvalue weighted by atomic mass is 16.5. The summed E-state index contributed by atoms with van der Waals surface area (Å²) in [5, 5.41) is 12.7. The smallest absolute Gasteiger partial charge is 0.250 e. The molecule has 1 aromatic heterocycles. The summed E-state index contributed by atoms with van der Waals surface area (Å²) in [6.07, 6.45) is 2.46. The van der Waals surface area contributed by atoms with Crippen LogP contribution in [-0.2, 0) is 7.05 Å². The van der Waals surface area contributed by atoms with Gasteiger partial charge in [-0.2, -0.15) is 0 Å². The molecule has 0 aliphatic carbocycles. The Bertz CT molecular complexity index is 1110. The number of aryl methyl sites for hydroxylation is 1. The molecule has 0 radical (unpaired) electrons. The van der Waals surface area contributed by atoms with Crippen molar-refractivity contribution in [3.05, 3.63) is 65.1 Å². The van der Waals surface area contributed by atoms with Crippen molar-refractivity contribution in [2.75, 3.05) is 45.9 Å². The number of nitrogens with zero attached hydrogens (tertiary/aromatic N) is 3. The third-order valence-corrected chi connectivity index (χ3v) is 6.31. The topological polar surface area (TPSA) is 57.9 Å². The molecule has 1 fully saturated rings. The molecule has 2 aromatic carbocycles. The molecule has 1 N–H and O–H groups in total. The average Bonchev–Trinajstić information content (AvgIpc) is 3.04. The first-order valence-electron chi connectivity index (χ1n) is 11.5. The van der Waals surface area contributed by atoms with Crippen molar-refractivity contribution in [3.8, 4) is 16.9 Å². The van der Waals surface area contributed by atoms with E-state index in [4.69, 9.17) is 4.74 Å². The molecule has 0 amide bonds. The van der Waals surface area contributed by atoms with Crippen LogP contribution < -0.4 is 10.3 Å². The summed E-state index contributed by atoms with van der Waals surface area (Å²) in [6, 6.07) is 15.5. The second kappa shape index (κ2) is 10.3. The van der Waals surface area contributed by atoms with Gasteiger partial charge in [0.1, 0.15) is 18.5 Å². The number of aliphatic hydroxyl groups is 1. The van der Waals surface area contributed by atoms with Crippen LogP contribution in [0.2, 0.25) is 0 Å². The van der Waals surface area contributed by atoms with E-state index in [1.54, 1.807) is 17.7 Å². The van der Waals surface area contributed by atoms with Gasteiger partial charge in [0.05, 0.1) is 0 Å². The van der Waals surface area contributed by atoms with E-state index >= 15 is 0 Å². The summed E-state index contributed by atoms with van der Waals surface area (Å²) in [6.45, 7) is 8.37. The molecule has 0 saturated carbocycles. The maximum absolute atomic E-state index is 11.8. The molecule has 0 bridgehead atoms. The summed E-state index contributed by atoms with van der Waals surface area (Å²) >= 11 is 0. The molecular formula is C26H33N3O3. The second-order valence-corrected chi connectivity index (χ2v) is 8.58. The van der Waals surface area contributed by atoms with Crippen LogP contribution in [0.25, 0.3) is 21.9 Å². The maximum Gasteiger partial charge on any atom is 0.250 e. The molecule has 0 spiro atoms. The number of benzene rings is 2. The minimum Gasteiger partial charge on any atom is -0.490 e. The lowest BCUT2D eigenvalue weighted by atomic mass is 9.99. The van der Waals surface area contributed by atoms with Crippen molar-refractivity contribution in [2.45, 2.75) is 19.4 Å². The van der Waals surface area contributed by atoms with Gasteiger partial charge in [-0.05, 0) is 60.8 Å². The van der Waals surface area contributed by atoms with Crippen LogP contribution in [0.4, 0.5) is 0 Å². The maximum atomic E-state index is 11.8. The number of hydrogen-bond donors (Lipinski definition) is 1. The molecule has 6 nitrogen and oxygen atoms in total. The van der Waals surface area contributed by atoms with Crippen LogP contribution in [-0.4, -0.2) is 71.5 Å². The largest absolute Gasteiger partial charge is 0.490 e. The molecule has 4 rings (SSSR count). The second-order valence-electron chi connectivity index (χ2n) is 8.58. The van der Waals surface area contributed by atoms with Crippen LogP contribution >= 0.6 is 0 Å². The molecule has 1 saturated heterocycles. The van der Waals surface area contributed by atoms with Crippen molar-refractivity contribution in [1.82, 2.24) is 14.4 Å². The Morgan fingerprint density at radius 1 is 0.969 bits per heavy atom. The first kappa shape index (κ1) is 22.5. The number of ether oxygens (including phenoxy) is 1. The minimum absolute atomic E-state index is 0.0289. The van der Waals surface area contributed by atoms with Crippen molar-refractivity contribution < 1.29 is 9.84 Å². The van der Waals surface area contributed by atoms with Crippen molar-refractivity contribution >= 4 is 10.8 Å². The minimum atomic E-state index is -0.537. The predicted octanol–water partition coefficient (Wildman–Crippen LogP) is 2.97. The number of likely N-dealkylation sites (N-methyl/N-ethyl adjacent to an activating group) is 1. The molecule has 1 unspecified atom stereocenters. The standard InChI is InChI=1S/C26H33N3O3/c1-3-28-13-6-14-29(16-15-28)18-21(30)19-32-25-11-10-22(23-7-4-5-8-24(23)25)20-9-12-26(31)27(2)17-20/h4-5,7-12,17,21,30H,3,6,13-16,18-19H2,1-2H3. The van der Waals surface area contributed by atoms with Gasteiger partial charge in [-0.3, -0.25) is 9.69 Å². The fourth-order valence-electron chi connectivity index (χ4n) is 4.46. The Morgan fingerprint density at radius 3 is 2.50 bits per heavy atom. The third-order valence-electron chi connectivity index (χ3n) is 6.31. The SMILES string of the molecule is CCN1CCCN(CC(O)COc2ccc(-c3ccc(=O)n(C)c3)c3ccccc23)CC1. The lowest BCUT2D eigenvalue weighted by Gasteiger charge is -2.24. The van der Waals surface area contributed by atoms with Crippen LogP contribution in [0.1, 0.15) is 13.3 Å². The van der Waals surface area contributed by atoms with Gasteiger partial charge < -0.3 is 19.3 Å². The van der Waals surface area contributed by atoms with E-state index < -0.39 is 6.10 Å². The predicted molar refractivity (Wildman–Crippen MR) is 129 cm³/mol. The van der Waals surface area contributed by atoms with E-state index in [0.717, 1.165) is 66.8 Å². The van der Waals surface area contributed by atoms with Crippen LogP contribution in [0.15, 0.2) is 59.5 Å². The summed E-state index contributed by atoms with van der Waals surface area (Å²) < 4.78 is 7.68. The first-order valence-corrected chi connectivity index (χ1v) is 11.5. The lowest BCUT2D eigenvalue weighted by molar-refractivity contribution is 0.0700. The van der Waals surface area contributed by atoms with E-state index in [0.29, 0.717) is 6.54 Å². The van der Waals surface area contributed by atoms with Gasteiger partial charge in [0, 0.05) is 44.3 Å². The van der Waals surface area contributed by atoms with Gasteiger partial charge in [-0.25, -0.2) is 0 Å². The molecule has 1 aliphatic heterocycles. The Balaban J connectivity index is 1.47. The Labute approximate surface area is 189 Å². The number of aliphatic hydroxyl groups excluding tert-OH is 1. The highest BCUT2D eigenvalue weighted by Crippen LogP contribution is 2.34. The molecule has 6 heteroatoms. The van der Waals surface area contributed by atoms with E-state index in [1.807, 2.05) is 42.6 Å². The number of fused-ring (bicyclic) bond motifs is 1. The van der Waals surface area contributed by atoms with Gasteiger partial charge in [-0.1, -0.05) is 31.2 Å². The van der Waals surface area contributed by atoms with Crippen LogP contribution in [0.5, 0.6) is 5.75 Å². The first-order chi connectivity index (χ1) is 15.5. The van der Waals surface area contributed by atoms with Gasteiger partial charge in [0.2, 0.25) is 5.56 Å². The van der Waals surface area contributed by atoms with E-state index in [9.17, 15) is 9.90 Å². The quantitative estimate of drug-likeness (QED) is 0.618. The molecule has 3 aromatic rings. The molecule has 32 heavy (non-hydrogen) atoms. The number of β-amino-alcohol motifs (C(OH)–C–C–N with tert-alkyl or cyclic N) is 1. The third kappa shape index (κ3) is 5.21. The summed E-state index contributed by atoms with van der Waals surface area (Å²) in [4.78, 5) is 16.6. The van der Waals surface area contributed by atoms with Crippen LogP contribution in [0, 0.1) is 0 Å². The van der Waals surface area contributed by atoms with Gasteiger partial charge >= 0.3 is 0 Å². The molecule has 2 heterocycles. The summed E-state index contributed by atoms with van der Waals surface area (Å²) in [7, 11) is 1.76. The van der Waals surface area contributed by atoms with Crippen LogP contribution in [0.3, 0.4) is 0 Å². The highest BCUT2D eigenvalue weighted by molar-refractivity contribution is 6.00. The van der Waals surface area contributed by atoms with E-state index in [1.165, 1.54) is 0 Å². The van der Waals surface area contributed by atoms with E-state index in [2.05, 4.69) is 22.8 Å². The van der Waals surface area contributed by atoms with Gasteiger partial charge in [0.15, 0.2) is 0 Å². The van der Waals surface area contributed by atoms with Crippen molar-refractivity contribution in [1.29, 1.82) is 0 Å². The number of hydrogen-bond acceptors (Lipinski definition) is 5. The Hall–Kier alpha value is -2.67. The normalized spacial score (nSPS) is 16.7. The molecule has 1 aliphatic rings. The number of pyridine rings is 1. The number of aromatic nitrogens is 1. The molecule has 170 valence electrons. The lowest BCUT2D eigenvalue weighted by Crippen LogP contribution is -2.38. The van der Waals surface area contributed by atoms with E-state index in [-0.39, 0.29) is 12.2 Å². The zero-order valence-corrected chi connectivity index (χ0v) is 19.0. The highest BCUT2D eigenvalue weighted by Gasteiger charge is 2.17. The molecular weight excluding hydrogens is 402 g/mol. The fourth-order valence-corrected chi connectivity index (χ4v) is 4.46. The molecule has 1 atom stereocenters. The zero-order chi connectivity index (χ0) is 22.5. The zero-order valence-electron chi connectivity index (χ0n) is 19.0. The summed E-state index contributed by atoms with van der Waals surface area (Å²) in [5.41, 5.74) is 2.00.